The molecule has 1 aromatic heterocycles. The topological polar surface area (TPSA) is 76.2 Å². The third kappa shape index (κ3) is 3.82. The molecule has 1 aliphatic carbocycles. The molecule has 6 nitrogen and oxygen atoms in total. The van der Waals surface area contributed by atoms with E-state index in [4.69, 9.17) is 9.47 Å². The summed E-state index contributed by atoms with van der Waals surface area (Å²) in [4.78, 5) is 12.1. The summed E-state index contributed by atoms with van der Waals surface area (Å²) < 4.78 is 10.9. The highest BCUT2D eigenvalue weighted by Crippen LogP contribution is 2.26. The molecule has 1 saturated carbocycles. The lowest BCUT2D eigenvalue weighted by Crippen LogP contribution is -2.26. The van der Waals surface area contributed by atoms with Crippen LogP contribution in [0.4, 0.5) is 5.82 Å². The first-order valence-electron chi connectivity index (χ1n) is 8.09. The third-order valence-electron chi connectivity index (χ3n) is 4.44. The van der Waals surface area contributed by atoms with Crippen LogP contribution in [0.25, 0.3) is 10.9 Å². The molecule has 2 aromatic rings. The largest absolute Gasteiger partial charge is 0.497 e. The van der Waals surface area contributed by atoms with E-state index in [0.717, 1.165) is 35.4 Å². The van der Waals surface area contributed by atoms with Crippen LogP contribution in [0.2, 0.25) is 0 Å². The van der Waals surface area contributed by atoms with Crippen molar-refractivity contribution in [2.24, 2.45) is 5.92 Å². The summed E-state index contributed by atoms with van der Waals surface area (Å²) in [5.74, 6) is 1.87. The van der Waals surface area contributed by atoms with Gasteiger partial charge in [0.2, 0.25) is 0 Å². The van der Waals surface area contributed by atoms with Gasteiger partial charge in [0, 0.05) is 11.5 Å². The number of nitrogens with zero attached hydrogens (tertiary/aromatic N) is 1. The molecule has 1 fully saturated rings. The minimum atomic E-state index is -0.173. The van der Waals surface area contributed by atoms with Crippen LogP contribution in [0.5, 0.6) is 5.75 Å². The van der Waals surface area contributed by atoms with E-state index in [1.807, 2.05) is 18.2 Å². The average molecular weight is 317 g/mol. The lowest BCUT2D eigenvalue weighted by molar-refractivity contribution is -0.123. The Labute approximate surface area is 135 Å². The van der Waals surface area contributed by atoms with Gasteiger partial charge < -0.3 is 14.8 Å². The van der Waals surface area contributed by atoms with E-state index in [2.05, 4.69) is 22.4 Å². The van der Waals surface area contributed by atoms with Crippen molar-refractivity contribution in [3.8, 4) is 5.75 Å². The fourth-order valence-electron chi connectivity index (χ4n) is 2.98. The first-order valence-corrected chi connectivity index (χ1v) is 8.09. The van der Waals surface area contributed by atoms with Crippen molar-refractivity contribution in [3.63, 3.8) is 0 Å². The van der Waals surface area contributed by atoms with Gasteiger partial charge in [-0.15, -0.1) is 0 Å². The van der Waals surface area contributed by atoms with E-state index >= 15 is 0 Å². The zero-order chi connectivity index (χ0) is 16.2. The smallest absolute Gasteiger partial charge is 0.251 e. The second-order valence-electron chi connectivity index (χ2n) is 6.22. The molecule has 3 rings (SSSR count). The van der Waals surface area contributed by atoms with Crippen molar-refractivity contribution < 1.29 is 14.3 Å². The number of aromatic nitrogens is 2. The molecule has 1 heterocycles. The summed E-state index contributed by atoms with van der Waals surface area (Å²) in [6, 6.07) is 5.56. The maximum atomic E-state index is 12.1. The number of fused-ring (bicyclic) bond motifs is 1. The number of hydrogen-bond acceptors (Lipinski definition) is 4. The van der Waals surface area contributed by atoms with E-state index in [-0.39, 0.29) is 18.6 Å². The van der Waals surface area contributed by atoms with Gasteiger partial charge in [-0.2, -0.15) is 5.10 Å². The van der Waals surface area contributed by atoms with E-state index in [0.29, 0.717) is 5.82 Å². The Balaban J connectivity index is 1.55. The molecule has 0 radical (unpaired) electrons. The molecule has 0 aliphatic heterocycles. The summed E-state index contributed by atoms with van der Waals surface area (Å²) in [6.07, 6.45) is 4.65. The van der Waals surface area contributed by atoms with Crippen LogP contribution in [0.15, 0.2) is 18.2 Å². The van der Waals surface area contributed by atoms with Crippen molar-refractivity contribution in [2.45, 2.75) is 38.7 Å². The fraction of sp³-hybridized carbons (Fsp3) is 0.529. The minimum absolute atomic E-state index is 0.0730. The van der Waals surface area contributed by atoms with Crippen LogP contribution in [0.3, 0.4) is 0 Å². The highest BCUT2D eigenvalue weighted by atomic mass is 16.5. The summed E-state index contributed by atoms with van der Waals surface area (Å²) in [5, 5.41) is 10.7. The number of rotatable bonds is 5. The molecule has 0 unspecified atom stereocenters. The van der Waals surface area contributed by atoms with Crippen LogP contribution in [0.1, 0.15) is 32.6 Å². The molecule has 1 amide bonds. The van der Waals surface area contributed by atoms with Crippen molar-refractivity contribution in [1.82, 2.24) is 10.2 Å². The Kier molecular flexibility index (Phi) is 4.81. The third-order valence-corrected chi connectivity index (χ3v) is 4.44. The normalized spacial score (nSPS) is 21.3. The van der Waals surface area contributed by atoms with Gasteiger partial charge in [-0.3, -0.25) is 9.89 Å². The van der Waals surface area contributed by atoms with Crippen molar-refractivity contribution in [1.29, 1.82) is 0 Å². The second-order valence-corrected chi connectivity index (χ2v) is 6.22. The molecular formula is C17H23N3O3. The number of ether oxygens (including phenoxy) is 2. The summed E-state index contributed by atoms with van der Waals surface area (Å²) in [6.45, 7) is 2.34. The first kappa shape index (κ1) is 15.8. The maximum absolute atomic E-state index is 12.1. The number of carbonyl (C=O) groups is 1. The quantitative estimate of drug-likeness (QED) is 0.888. The van der Waals surface area contributed by atoms with Gasteiger partial charge in [-0.05, 0) is 43.7 Å². The number of amides is 1. The van der Waals surface area contributed by atoms with E-state index < -0.39 is 0 Å². The number of nitrogens with one attached hydrogen (secondary N) is 2. The summed E-state index contributed by atoms with van der Waals surface area (Å²) >= 11 is 0. The number of hydrogen-bond donors (Lipinski definition) is 2. The van der Waals surface area contributed by atoms with Gasteiger partial charge in [0.15, 0.2) is 5.82 Å². The monoisotopic (exact) mass is 317 g/mol. The van der Waals surface area contributed by atoms with Crippen molar-refractivity contribution in [2.75, 3.05) is 19.0 Å². The summed E-state index contributed by atoms with van der Waals surface area (Å²) in [7, 11) is 1.61. The van der Waals surface area contributed by atoms with E-state index in [1.54, 1.807) is 7.11 Å². The van der Waals surface area contributed by atoms with Gasteiger partial charge in [0.05, 0.1) is 18.7 Å². The number of benzene rings is 1. The zero-order valence-corrected chi connectivity index (χ0v) is 13.6. The lowest BCUT2D eigenvalue weighted by Gasteiger charge is -2.25. The fourth-order valence-corrected chi connectivity index (χ4v) is 2.98. The van der Waals surface area contributed by atoms with Crippen LogP contribution < -0.4 is 10.1 Å². The molecule has 124 valence electrons. The zero-order valence-electron chi connectivity index (χ0n) is 13.6. The molecule has 23 heavy (non-hydrogen) atoms. The molecular weight excluding hydrogens is 294 g/mol. The molecule has 6 heteroatoms. The second kappa shape index (κ2) is 7.00. The Morgan fingerprint density at radius 2 is 2.13 bits per heavy atom. The number of anilines is 1. The standard InChI is InChI=1S/C17H23N3O3/c1-11-3-5-12(6-4-11)23-10-16(21)18-17-14-8-7-13(22-2)9-15(14)19-20-17/h7-9,11-12H,3-6,10H2,1-2H3,(H2,18,19,20,21). The molecule has 0 atom stereocenters. The van der Waals surface area contributed by atoms with Gasteiger partial charge in [-0.25, -0.2) is 0 Å². The maximum Gasteiger partial charge on any atom is 0.251 e. The number of carbonyl (C=O) groups excluding carboxylic acids is 1. The molecule has 0 spiro atoms. The SMILES string of the molecule is COc1ccc2c(NC(=O)COC3CCC(C)CC3)n[nH]c2c1. The molecule has 2 N–H and O–H groups in total. The van der Waals surface area contributed by atoms with E-state index in [1.165, 1.54) is 12.8 Å². The van der Waals surface area contributed by atoms with Crippen molar-refractivity contribution >= 4 is 22.6 Å². The lowest BCUT2D eigenvalue weighted by atomic mass is 9.89. The van der Waals surface area contributed by atoms with Crippen LogP contribution in [0, 0.1) is 5.92 Å². The highest BCUT2D eigenvalue weighted by molar-refractivity contribution is 6.00. The Morgan fingerprint density at radius 3 is 2.87 bits per heavy atom. The molecule has 1 aliphatic rings. The predicted octanol–water partition coefficient (Wildman–Crippen LogP) is 3.11. The molecule has 1 aromatic carbocycles. The highest BCUT2D eigenvalue weighted by Gasteiger charge is 2.19. The predicted molar refractivity (Wildman–Crippen MR) is 88.6 cm³/mol. The van der Waals surface area contributed by atoms with Crippen LogP contribution in [-0.4, -0.2) is 35.9 Å². The van der Waals surface area contributed by atoms with Gasteiger partial charge in [0.25, 0.3) is 5.91 Å². The number of methoxy groups -OCH3 is 1. The summed E-state index contributed by atoms with van der Waals surface area (Å²) in [5.41, 5.74) is 0.821. The number of aromatic amines is 1. The van der Waals surface area contributed by atoms with Crippen molar-refractivity contribution in [3.05, 3.63) is 18.2 Å². The van der Waals surface area contributed by atoms with Gasteiger partial charge in [-0.1, -0.05) is 6.92 Å². The van der Waals surface area contributed by atoms with E-state index in [9.17, 15) is 4.79 Å². The van der Waals surface area contributed by atoms with Crippen LogP contribution in [-0.2, 0) is 9.53 Å². The average Bonchev–Trinajstić information content (AvgIpc) is 2.96. The molecule has 0 saturated heterocycles. The van der Waals surface area contributed by atoms with Gasteiger partial charge >= 0.3 is 0 Å². The van der Waals surface area contributed by atoms with Crippen LogP contribution >= 0.6 is 0 Å². The first-order chi connectivity index (χ1) is 11.2. The number of H-pyrrole nitrogens is 1. The molecule has 0 bridgehead atoms. The Bertz CT molecular complexity index is 675. The minimum Gasteiger partial charge on any atom is -0.497 e. The Morgan fingerprint density at radius 1 is 1.35 bits per heavy atom. The Hall–Kier alpha value is -2.08. The van der Waals surface area contributed by atoms with Gasteiger partial charge in [0.1, 0.15) is 12.4 Å².